The number of aliphatic carboxylic acids is 2. The Morgan fingerprint density at radius 3 is 1.68 bits per heavy atom. The van der Waals surface area contributed by atoms with Gasteiger partial charge in [-0.05, 0) is 18.1 Å². The van der Waals surface area contributed by atoms with E-state index in [1.54, 1.807) is 0 Å². The van der Waals surface area contributed by atoms with Gasteiger partial charge in [-0.1, -0.05) is 46.0 Å². The summed E-state index contributed by atoms with van der Waals surface area (Å²) < 4.78 is 0. The highest BCUT2D eigenvalue weighted by atomic mass is 32.1. The Balaban J connectivity index is 0. The average Bonchev–Trinajstić information content (AvgIpc) is 2.31. The fourth-order valence-electron chi connectivity index (χ4n) is 1.41. The molecule has 0 radical (unpaired) electrons. The zero-order chi connectivity index (χ0) is 15.1. The number of unbranched alkanes of at least 4 members (excludes halogenated alkanes) is 4. The molecule has 0 rings (SSSR count). The average molecular weight is 292 g/mol. The first kappa shape index (κ1) is 20.6. The van der Waals surface area contributed by atoms with Crippen molar-refractivity contribution >= 4 is 24.6 Å². The molecule has 5 heteroatoms. The summed E-state index contributed by atoms with van der Waals surface area (Å²) >= 11 is 4.18. The molecule has 4 nitrogen and oxygen atoms in total. The second-order valence-corrected chi connectivity index (χ2v) is 5.41. The van der Waals surface area contributed by atoms with Crippen LogP contribution in [0, 0.1) is 5.92 Å². The molecule has 0 aromatic rings. The van der Waals surface area contributed by atoms with E-state index in [9.17, 15) is 9.59 Å². The number of carbonyl (C=O) groups is 2. The lowest BCUT2D eigenvalue weighted by Gasteiger charge is -2.03. The second kappa shape index (κ2) is 15.3. The Kier molecular flexibility index (Phi) is 16.6. The molecule has 0 aromatic heterocycles. The van der Waals surface area contributed by atoms with Gasteiger partial charge in [-0.2, -0.15) is 12.6 Å². The number of carboxylic acid groups (broad SMARTS) is 2. The van der Waals surface area contributed by atoms with Gasteiger partial charge in [0.15, 0.2) is 0 Å². The van der Waals surface area contributed by atoms with Crippen molar-refractivity contribution in [3.05, 3.63) is 0 Å². The highest BCUT2D eigenvalue weighted by Crippen LogP contribution is 2.10. The minimum absolute atomic E-state index is 0.296. The lowest BCUT2D eigenvalue weighted by Crippen LogP contribution is -2.00. The SMILES string of the molecule is CC(C)CCCCCCCS.O=C(O)CCC(=O)O. The maximum atomic E-state index is 9.64. The van der Waals surface area contributed by atoms with Gasteiger partial charge >= 0.3 is 11.9 Å². The summed E-state index contributed by atoms with van der Waals surface area (Å²) in [6, 6.07) is 0. The highest BCUT2D eigenvalue weighted by Gasteiger charge is 2.00. The lowest BCUT2D eigenvalue weighted by atomic mass is 10.0. The smallest absolute Gasteiger partial charge is 0.303 e. The van der Waals surface area contributed by atoms with Crippen LogP contribution in [0.15, 0.2) is 0 Å². The predicted octanol–water partition coefficient (Wildman–Crippen LogP) is 3.85. The van der Waals surface area contributed by atoms with Gasteiger partial charge in [-0.15, -0.1) is 0 Å². The van der Waals surface area contributed by atoms with Crippen molar-refractivity contribution in [3.8, 4) is 0 Å². The zero-order valence-electron chi connectivity index (χ0n) is 12.1. The fourth-order valence-corrected chi connectivity index (χ4v) is 1.63. The molecule has 114 valence electrons. The topological polar surface area (TPSA) is 74.6 Å². The lowest BCUT2D eigenvalue weighted by molar-refractivity contribution is -0.143. The van der Waals surface area contributed by atoms with Gasteiger partial charge in [-0.3, -0.25) is 9.59 Å². The van der Waals surface area contributed by atoms with E-state index in [0.717, 1.165) is 11.7 Å². The van der Waals surface area contributed by atoms with Crippen LogP contribution in [0.2, 0.25) is 0 Å². The Labute approximate surface area is 122 Å². The number of hydrogen-bond donors (Lipinski definition) is 3. The minimum atomic E-state index is -1.08. The summed E-state index contributed by atoms with van der Waals surface area (Å²) in [5, 5.41) is 15.8. The molecule has 0 aliphatic heterocycles. The van der Waals surface area contributed by atoms with E-state index in [0.29, 0.717) is 0 Å². The van der Waals surface area contributed by atoms with Gasteiger partial charge in [0.05, 0.1) is 12.8 Å². The van der Waals surface area contributed by atoms with E-state index in [4.69, 9.17) is 10.2 Å². The monoisotopic (exact) mass is 292 g/mol. The van der Waals surface area contributed by atoms with Crippen LogP contribution in [0.4, 0.5) is 0 Å². The van der Waals surface area contributed by atoms with Crippen molar-refractivity contribution < 1.29 is 19.8 Å². The Hall–Kier alpha value is -0.710. The first-order chi connectivity index (χ1) is 8.90. The molecule has 0 unspecified atom stereocenters. The third-order valence-corrected chi connectivity index (χ3v) is 2.81. The van der Waals surface area contributed by atoms with Crippen LogP contribution in [-0.4, -0.2) is 27.9 Å². The predicted molar refractivity (Wildman–Crippen MR) is 80.9 cm³/mol. The summed E-state index contributed by atoms with van der Waals surface area (Å²) in [5.41, 5.74) is 0. The first-order valence-corrected chi connectivity index (χ1v) is 7.57. The minimum Gasteiger partial charge on any atom is -0.481 e. The largest absolute Gasteiger partial charge is 0.481 e. The molecule has 0 saturated heterocycles. The van der Waals surface area contributed by atoms with Gasteiger partial charge < -0.3 is 10.2 Å². The van der Waals surface area contributed by atoms with Gasteiger partial charge in [-0.25, -0.2) is 0 Å². The maximum Gasteiger partial charge on any atom is 0.303 e. The maximum absolute atomic E-state index is 9.64. The van der Waals surface area contributed by atoms with Crippen molar-refractivity contribution in [2.24, 2.45) is 5.92 Å². The molecule has 0 fully saturated rings. The summed E-state index contributed by atoms with van der Waals surface area (Å²) in [5.74, 6) is -0.204. The molecule has 0 amide bonds. The van der Waals surface area contributed by atoms with Crippen LogP contribution in [0.25, 0.3) is 0 Å². The summed E-state index contributed by atoms with van der Waals surface area (Å²) in [6.45, 7) is 4.60. The van der Waals surface area contributed by atoms with E-state index < -0.39 is 11.9 Å². The molecule has 0 spiro atoms. The summed E-state index contributed by atoms with van der Waals surface area (Å²) in [4.78, 5) is 19.3. The third kappa shape index (κ3) is 26.8. The second-order valence-electron chi connectivity index (χ2n) is 4.96. The van der Waals surface area contributed by atoms with Crippen molar-refractivity contribution in [1.29, 1.82) is 0 Å². The van der Waals surface area contributed by atoms with Crippen molar-refractivity contribution in [2.45, 2.75) is 65.2 Å². The number of hydrogen-bond acceptors (Lipinski definition) is 3. The van der Waals surface area contributed by atoms with Crippen molar-refractivity contribution in [3.63, 3.8) is 0 Å². The molecule has 0 aromatic carbocycles. The van der Waals surface area contributed by atoms with Gasteiger partial charge in [0.2, 0.25) is 0 Å². The summed E-state index contributed by atoms with van der Waals surface area (Å²) in [6.07, 6.45) is 7.74. The van der Waals surface area contributed by atoms with E-state index in [2.05, 4.69) is 26.5 Å². The Morgan fingerprint density at radius 2 is 1.32 bits per heavy atom. The van der Waals surface area contributed by atoms with Crippen LogP contribution in [-0.2, 0) is 9.59 Å². The zero-order valence-corrected chi connectivity index (χ0v) is 13.0. The van der Waals surface area contributed by atoms with Crippen LogP contribution in [0.3, 0.4) is 0 Å². The number of thiol groups is 1. The number of rotatable bonds is 10. The first-order valence-electron chi connectivity index (χ1n) is 6.94. The van der Waals surface area contributed by atoms with Crippen LogP contribution in [0.5, 0.6) is 0 Å². The summed E-state index contributed by atoms with van der Waals surface area (Å²) in [7, 11) is 0. The molecular weight excluding hydrogens is 264 g/mol. The standard InChI is InChI=1S/C10H22S.C4H6O4/c1-10(2)8-6-4-3-5-7-9-11;5-3(6)1-2-4(7)8/h10-11H,3-9H2,1-2H3;1-2H2,(H,5,6)(H,7,8). The molecule has 2 N–H and O–H groups in total. The van der Waals surface area contributed by atoms with Gasteiger partial charge in [0, 0.05) is 0 Å². The van der Waals surface area contributed by atoms with Crippen LogP contribution in [0.1, 0.15) is 65.2 Å². The molecule has 0 atom stereocenters. The van der Waals surface area contributed by atoms with E-state index in [-0.39, 0.29) is 12.8 Å². The molecule has 19 heavy (non-hydrogen) atoms. The van der Waals surface area contributed by atoms with Crippen LogP contribution >= 0.6 is 12.6 Å². The molecule has 0 aliphatic rings. The van der Waals surface area contributed by atoms with Crippen molar-refractivity contribution in [1.82, 2.24) is 0 Å². The fraction of sp³-hybridized carbons (Fsp3) is 0.857. The van der Waals surface area contributed by atoms with Gasteiger partial charge in [0.25, 0.3) is 0 Å². The molecule has 0 saturated carbocycles. The quantitative estimate of drug-likeness (QED) is 0.422. The van der Waals surface area contributed by atoms with E-state index >= 15 is 0 Å². The van der Waals surface area contributed by atoms with Crippen molar-refractivity contribution in [2.75, 3.05) is 5.75 Å². The Bertz CT molecular complexity index is 215. The van der Waals surface area contributed by atoms with E-state index in [1.165, 1.54) is 38.5 Å². The van der Waals surface area contributed by atoms with Gasteiger partial charge in [0.1, 0.15) is 0 Å². The Morgan fingerprint density at radius 1 is 0.895 bits per heavy atom. The molecule has 0 bridgehead atoms. The number of carboxylic acids is 2. The van der Waals surface area contributed by atoms with E-state index in [1.807, 2.05) is 0 Å². The third-order valence-electron chi connectivity index (χ3n) is 2.49. The normalized spacial score (nSPS) is 9.89. The molecule has 0 heterocycles. The molecule has 0 aliphatic carbocycles. The molecular formula is C14H28O4S. The highest BCUT2D eigenvalue weighted by molar-refractivity contribution is 7.80. The van der Waals surface area contributed by atoms with Crippen LogP contribution < -0.4 is 0 Å².